The predicted octanol–water partition coefficient (Wildman–Crippen LogP) is 3.05. The zero-order chi connectivity index (χ0) is 13.2. The van der Waals surface area contributed by atoms with Crippen molar-refractivity contribution < 1.29 is 4.74 Å². The predicted molar refractivity (Wildman–Crippen MR) is 74.9 cm³/mol. The highest BCUT2D eigenvalue weighted by Gasteiger charge is 2.17. The average molecular weight is 244 g/mol. The molecular weight excluding hydrogens is 224 g/mol. The second kappa shape index (κ2) is 4.94. The summed E-state index contributed by atoms with van der Waals surface area (Å²) >= 11 is 0. The second-order valence-electron chi connectivity index (χ2n) is 5.10. The molecule has 0 fully saturated rings. The Balaban J connectivity index is 2.25. The molecule has 0 spiro atoms. The molecule has 0 saturated heterocycles. The minimum absolute atomic E-state index is 0.306. The number of rotatable bonds is 4. The van der Waals surface area contributed by atoms with Crippen LogP contribution in [0.5, 0.6) is 5.88 Å². The summed E-state index contributed by atoms with van der Waals surface area (Å²) in [5, 5.41) is 1.13. The minimum Gasteiger partial charge on any atom is -0.476 e. The zero-order valence-corrected chi connectivity index (χ0v) is 11.2. The van der Waals surface area contributed by atoms with Gasteiger partial charge in [0, 0.05) is 16.5 Å². The van der Waals surface area contributed by atoms with E-state index in [2.05, 4.69) is 24.0 Å². The highest BCUT2D eigenvalue weighted by Crippen LogP contribution is 2.22. The van der Waals surface area contributed by atoms with E-state index in [0.717, 1.165) is 22.9 Å². The maximum Gasteiger partial charge on any atom is 0.216 e. The van der Waals surface area contributed by atoms with Crippen molar-refractivity contribution in [3.05, 3.63) is 35.9 Å². The summed E-state index contributed by atoms with van der Waals surface area (Å²) in [4.78, 5) is 4.53. The van der Waals surface area contributed by atoms with Gasteiger partial charge in [-0.25, -0.2) is 4.98 Å². The van der Waals surface area contributed by atoms with E-state index in [1.807, 2.05) is 32.0 Å². The number of ether oxygens (including phenoxy) is 1. The number of aromatic nitrogens is 1. The number of aryl methyl sites for hydroxylation is 1. The Morgan fingerprint density at radius 3 is 2.78 bits per heavy atom. The Morgan fingerprint density at radius 1 is 1.33 bits per heavy atom. The molecule has 0 radical (unpaired) electrons. The molecule has 0 saturated carbocycles. The molecule has 2 aromatic rings. The molecular formula is C15H20N2O. The first kappa shape index (κ1) is 12.8. The van der Waals surface area contributed by atoms with Crippen LogP contribution >= 0.6 is 0 Å². The molecule has 0 aliphatic heterocycles. The first-order chi connectivity index (χ1) is 8.52. The van der Waals surface area contributed by atoms with Crippen LogP contribution in [-0.4, -0.2) is 17.1 Å². The Kier molecular flexibility index (Phi) is 3.53. The fourth-order valence-electron chi connectivity index (χ4n) is 1.69. The zero-order valence-electron chi connectivity index (χ0n) is 11.2. The van der Waals surface area contributed by atoms with Crippen molar-refractivity contribution in [2.24, 2.45) is 5.73 Å². The van der Waals surface area contributed by atoms with Crippen LogP contribution in [0.1, 0.15) is 25.8 Å². The number of nitrogens with zero attached hydrogens (tertiary/aromatic N) is 1. The lowest BCUT2D eigenvalue weighted by molar-refractivity contribution is 0.218. The van der Waals surface area contributed by atoms with Crippen LogP contribution in [0.25, 0.3) is 10.9 Å². The van der Waals surface area contributed by atoms with Gasteiger partial charge in [-0.2, -0.15) is 0 Å². The summed E-state index contributed by atoms with van der Waals surface area (Å²) in [5.74, 6) is 0.679. The van der Waals surface area contributed by atoms with Crippen LogP contribution in [0.15, 0.2) is 30.3 Å². The molecule has 3 heteroatoms. The molecule has 18 heavy (non-hydrogen) atoms. The van der Waals surface area contributed by atoms with Gasteiger partial charge in [0.1, 0.15) is 6.61 Å². The summed E-state index contributed by atoms with van der Waals surface area (Å²) in [7, 11) is 0. The van der Waals surface area contributed by atoms with Gasteiger partial charge in [0.25, 0.3) is 0 Å². The van der Waals surface area contributed by atoms with E-state index in [1.165, 1.54) is 0 Å². The average Bonchev–Trinajstić information content (AvgIpc) is 2.36. The number of benzene rings is 1. The molecule has 0 aliphatic rings. The molecule has 2 rings (SSSR count). The highest BCUT2D eigenvalue weighted by atomic mass is 16.5. The first-order valence-electron chi connectivity index (χ1n) is 6.30. The maximum absolute atomic E-state index is 6.07. The van der Waals surface area contributed by atoms with E-state index in [9.17, 15) is 0 Å². The molecule has 96 valence electrons. The van der Waals surface area contributed by atoms with E-state index in [4.69, 9.17) is 10.5 Å². The quantitative estimate of drug-likeness (QED) is 0.899. The van der Waals surface area contributed by atoms with Crippen LogP contribution in [-0.2, 0) is 0 Å². The van der Waals surface area contributed by atoms with Gasteiger partial charge < -0.3 is 10.5 Å². The van der Waals surface area contributed by atoms with Gasteiger partial charge in [-0.3, -0.25) is 0 Å². The van der Waals surface area contributed by atoms with Gasteiger partial charge in [-0.1, -0.05) is 25.1 Å². The third kappa shape index (κ3) is 2.79. The lowest BCUT2D eigenvalue weighted by Crippen LogP contribution is -2.41. The smallest absolute Gasteiger partial charge is 0.216 e. The van der Waals surface area contributed by atoms with Gasteiger partial charge in [-0.15, -0.1) is 0 Å². The number of fused-ring (bicyclic) bond motifs is 1. The number of hydrogen-bond acceptors (Lipinski definition) is 3. The van der Waals surface area contributed by atoms with Gasteiger partial charge in [-0.05, 0) is 32.4 Å². The summed E-state index contributed by atoms with van der Waals surface area (Å²) in [6, 6.07) is 10.1. The van der Waals surface area contributed by atoms with Crippen molar-refractivity contribution in [3.63, 3.8) is 0 Å². The Labute approximate surface area is 108 Å². The molecule has 1 heterocycles. The summed E-state index contributed by atoms with van der Waals surface area (Å²) in [6.07, 6.45) is 0.875. The fraction of sp³-hybridized carbons (Fsp3) is 0.400. The number of para-hydroxylation sites is 1. The van der Waals surface area contributed by atoms with Crippen LogP contribution in [0.3, 0.4) is 0 Å². The molecule has 1 unspecified atom stereocenters. The molecule has 0 aliphatic carbocycles. The van der Waals surface area contributed by atoms with Crippen LogP contribution in [0.4, 0.5) is 0 Å². The van der Waals surface area contributed by atoms with E-state index in [-0.39, 0.29) is 5.54 Å². The van der Waals surface area contributed by atoms with Crippen molar-refractivity contribution in [3.8, 4) is 5.88 Å². The van der Waals surface area contributed by atoms with Gasteiger partial charge >= 0.3 is 0 Å². The SMILES string of the molecule is CCC(C)(N)COc1nc2ccccc2cc1C. The highest BCUT2D eigenvalue weighted by molar-refractivity contribution is 5.79. The van der Waals surface area contributed by atoms with Gasteiger partial charge in [0.05, 0.1) is 5.52 Å². The number of pyridine rings is 1. The third-order valence-electron chi connectivity index (χ3n) is 3.21. The molecule has 3 nitrogen and oxygen atoms in total. The summed E-state index contributed by atoms with van der Waals surface area (Å²) in [5.41, 5.74) is 7.76. The Morgan fingerprint density at radius 2 is 2.06 bits per heavy atom. The van der Waals surface area contributed by atoms with Crippen LogP contribution < -0.4 is 10.5 Å². The largest absolute Gasteiger partial charge is 0.476 e. The first-order valence-corrected chi connectivity index (χ1v) is 6.30. The molecule has 0 bridgehead atoms. The number of nitrogens with two attached hydrogens (primary N) is 1. The standard InChI is InChI=1S/C15H20N2O/c1-4-15(3,16)10-18-14-11(2)9-12-7-5-6-8-13(12)17-14/h5-9H,4,10,16H2,1-3H3. The Bertz CT molecular complexity index is 549. The van der Waals surface area contributed by atoms with Crippen molar-refractivity contribution in [2.45, 2.75) is 32.7 Å². The molecule has 0 amide bonds. The number of hydrogen-bond donors (Lipinski definition) is 1. The summed E-state index contributed by atoms with van der Waals surface area (Å²) < 4.78 is 5.76. The Hall–Kier alpha value is -1.61. The lowest BCUT2D eigenvalue weighted by Gasteiger charge is -2.23. The van der Waals surface area contributed by atoms with Crippen molar-refractivity contribution in [2.75, 3.05) is 6.61 Å². The van der Waals surface area contributed by atoms with Crippen molar-refractivity contribution >= 4 is 10.9 Å². The van der Waals surface area contributed by atoms with E-state index < -0.39 is 0 Å². The van der Waals surface area contributed by atoms with Crippen LogP contribution in [0.2, 0.25) is 0 Å². The molecule has 1 aromatic carbocycles. The van der Waals surface area contributed by atoms with Crippen LogP contribution in [0, 0.1) is 6.92 Å². The topological polar surface area (TPSA) is 48.1 Å². The second-order valence-corrected chi connectivity index (χ2v) is 5.10. The molecule has 1 atom stereocenters. The van der Waals surface area contributed by atoms with Crippen molar-refractivity contribution in [1.29, 1.82) is 0 Å². The summed E-state index contributed by atoms with van der Waals surface area (Å²) in [6.45, 7) is 6.54. The van der Waals surface area contributed by atoms with E-state index in [1.54, 1.807) is 0 Å². The molecule has 1 aromatic heterocycles. The van der Waals surface area contributed by atoms with Gasteiger partial charge in [0.2, 0.25) is 5.88 Å². The third-order valence-corrected chi connectivity index (χ3v) is 3.21. The van der Waals surface area contributed by atoms with Gasteiger partial charge in [0.15, 0.2) is 0 Å². The normalized spacial score (nSPS) is 14.4. The van der Waals surface area contributed by atoms with Crippen molar-refractivity contribution in [1.82, 2.24) is 4.98 Å². The van der Waals surface area contributed by atoms with E-state index in [0.29, 0.717) is 12.5 Å². The maximum atomic E-state index is 6.07. The van der Waals surface area contributed by atoms with E-state index >= 15 is 0 Å². The lowest BCUT2D eigenvalue weighted by atomic mass is 10.0. The molecule has 2 N–H and O–H groups in total. The monoisotopic (exact) mass is 244 g/mol. The fourth-order valence-corrected chi connectivity index (χ4v) is 1.69. The minimum atomic E-state index is -0.306.